The minimum Gasteiger partial charge on any atom is -0.481 e. The second kappa shape index (κ2) is 3.79. The Bertz CT molecular complexity index is 335. The van der Waals surface area contributed by atoms with E-state index in [4.69, 9.17) is 10.8 Å². The zero-order valence-electron chi connectivity index (χ0n) is 8.40. The predicted molar refractivity (Wildman–Crippen MR) is 51.6 cm³/mol. The molecule has 1 aromatic rings. The van der Waals surface area contributed by atoms with Gasteiger partial charge >= 0.3 is 5.97 Å². The third-order valence-electron chi connectivity index (χ3n) is 2.32. The maximum absolute atomic E-state index is 10.6. The van der Waals surface area contributed by atoms with Crippen molar-refractivity contribution < 1.29 is 9.90 Å². The molecule has 1 aromatic heterocycles. The number of carbonyl (C=O) groups is 1. The van der Waals surface area contributed by atoms with Gasteiger partial charge in [-0.2, -0.15) is 5.10 Å². The van der Waals surface area contributed by atoms with Crippen molar-refractivity contribution in [1.82, 2.24) is 9.78 Å². The van der Waals surface area contributed by atoms with Crippen molar-refractivity contribution in [1.29, 1.82) is 0 Å². The number of hydrogen-bond donors (Lipinski definition) is 2. The smallest absolute Gasteiger partial charge is 0.305 e. The summed E-state index contributed by atoms with van der Waals surface area (Å²) in [4.78, 5) is 10.6. The molecule has 0 radical (unpaired) electrons. The van der Waals surface area contributed by atoms with Crippen LogP contribution in [0.15, 0.2) is 12.3 Å². The summed E-state index contributed by atoms with van der Waals surface area (Å²) in [6, 6.07) is 1.76. The van der Waals surface area contributed by atoms with E-state index in [2.05, 4.69) is 5.10 Å². The Balaban J connectivity index is 2.94. The monoisotopic (exact) mass is 197 g/mol. The fourth-order valence-electron chi connectivity index (χ4n) is 1.35. The number of carboxylic acid groups (broad SMARTS) is 1. The lowest BCUT2D eigenvalue weighted by Crippen LogP contribution is -2.38. The van der Waals surface area contributed by atoms with E-state index < -0.39 is 11.5 Å². The Morgan fingerprint density at radius 1 is 1.79 bits per heavy atom. The molecule has 0 aliphatic rings. The van der Waals surface area contributed by atoms with Crippen molar-refractivity contribution in [2.45, 2.75) is 25.3 Å². The van der Waals surface area contributed by atoms with Gasteiger partial charge in [0.25, 0.3) is 0 Å². The van der Waals surface area contributed by atoms with Gasteiger partial charge in [0.05, 0.1) is 17.7 Å². The van der Waals surface area contributed by atoms with E-state index in [9.17, 15) is 4.79 Å². The highest BCUT2D eigenvalue weighted by atomic mass is 16.4. The maximum Gasteiger partial charge on any atom is 0.305 e. The topological polar surface area (TPSA) is 81.1 Å². The van der Waals surface area contributed by atoms with Crippen molar-refractivity contribution in [3.05, 3.63) is 18.0 Å². The molecule has 0 amide bonds. The van der Waals surface area contributed by atoms with Crippen molar-refractivity contribution >= 4 is 5.97 Å². The first-order valence-corrected chi connectivity index (χ1v) is 4.49. The molecule has 14 heavy (non-hydrogen) atoms. The van der Waals surface area contributed by atoms with Crippen LogP contribution in [0.2, 0.25) is 0 Å². The molecule has 0 fully saturated rings. The van der Waals surface area contributed by atoms with Crippen LogP contribution in [0.4, 0.5) is 0 Å². The minimum absolute atomic E-state index is 0.0967. The van der Waals surface area contributed by atoms with Gasteiger partial charge in [0.2, 0.25) is 0 Å². The highest BCUT2D eigenvalue weighted by Crippen LogP contribution is 2.23. The first-order valence-electron chi connectivity index (χ1n) is 4.49. The lowest BCUT2D eigenvalue weighted by molar-refractivity contribution is -0.138. The molecule has 0 saturated carbocycles. The third-order valence-corrected chi connectivity index (χ3v) is 2.32. The Morgan fingerprint density at radius 3 is 2.79 bits per heavy atom. The molecular formula is C9H15N3O2. The van der Waals surface area contributed by atoms with E-state index in [1.807, 2.05) is 6.92 Å². The van der Waals surface area contributed by atoms with E-state index in [0.29, 0.717) is 12.1 Å². The summed E-state index contributed by atoms with van der Waals surface area (Å²) in [5, 5.41) is 12.9. The van der Waals surface area contributed by atoms with Crippen molar-refractivity contribution in [2.24, 2.45) is 12.8 Å². The summed E-state index contributed by atoms with van der Waals surface area (Å²) >= 11 is 0. The largest absolute Gasteiger partial charge is 0.481 e. The number of nitrogens with zero attached hydrogens (tertiary/aromatic N) is 2. The van der Waals surface area contributed by atoms with Crippen LogP contribution in [0, 0.1) is 0 Å². The molecule has 78 valence electrons. The van der Waals surface area contributed by atoms with Crippen LogP contribution < -0.4 is 5.73 Å². The third kappa shape index (κ3) is 2.11. The van der Waals surface area contributed by atoms with Crippen LogP contribution >= 0.6 is 0 Å². The summed E-state index contributed by atoms with van der Waals surface area (Å²) in [5.41, 5.74) is 5.75. The number of aromatic nitrogens is 2. The fraction of sp³-hybridized carbons (Fsp3) is 0.556. The molecule has 1 rings (SSSR count). The standard InChI is InChI=1S/C9H15N3O2/c1-3-9(10,6-8(13)14)7-4-5-12(2)11-7/h4-5H,3,6,10H2,1-2H3,(H,13,14). The summed E-state index contributed by atoms with van der Waals surface area (Å²) in [7, 11) is 1.78. The van der Waals surface area contributed by atoms with Crippen molar-refractivity contribution in [3.63, 3.8) is 0 Å². The number of hydrogen-bond acceptors (Lipinski definition) is 3. The van der Waals surface area contributed by atoms with Crippen LogP contribution in [0.1, 0.15) is 25.5 Å². The first kappa shape index (κ1) is 10.7. The molecule has 5 nitrogen and oxygen atoms in total. The van der Waals surface area contributed by atoms with E-state index in [-0.39, 0.29) is 6.42 Å². The molecule has 0 aromatic carbocycles. The molecule has 0 spiro atoms. The molecule has 1 unspecified atom stereocenters. The number of rotatable bonds is 4. The van der Waals surface area contributed by atoms with Gasteiger partial charge in [-0.15, -0.1) is 0 Å². The fourth-order valence-corrected chi connectivity index (χ4v) is 1.35. The highest BCUT2D eigenvalue weighted by molar-refractivity contribution is 5.68. The summed E-state index contributed by atoms with van der Waals surface area (Å²) < 4.78 is 1.62. The van der Waals surface area contributed by atoms with Crippen LogP contribution in [0.3, 0.4) is 0 Å². The maximum atomic E-state index is 10.6. The predicted octanol–water partition coefficient (Wildman–Crippen LogP) is 0.459. The van der Waals surface area contributed by atoms with Gasteiger partial charge < -0.3 is 10.8 Å². The molecule has 0 aliphatic carbocycles. The Hall–Kier alpha value is -1.36. The van der Waals surface area contributed by atoms with E-state index in [1.165, 1.54) is 0 Å². The number of carboxylic acids is 1. The van der Waals surface area contributed by atoms with Crippen molar-refractivity contribution in [3.8, 4) is 0 Å². The lowest BCUT2D eigenvalue weighted by atomic mass is 9.90. The SMILES string of the molecule is CCC(N)(CC(=O)O)c1ccn(C)n1. The molecule has 0 saturated heterocycles. The normalized spacial score (nSPS) is 15.1. The number of nitrogens with two attached hydrogens (primary N) is 1. The Morgan fingerprint density at radius 2 is 2.43 bits per heavy atom. The molecule has 1 atom stereocenters. The second-order valence-corrected chi connectivity index (χ2v) is 3.45. The quantitative estimate of drug-likeness (QED) is 0.734. The van der Waals surface area contributed by atoms with Gasteiger partial charge in [-0.3, -0.25) is 9.48 Å². The van der Waals surface area contributed by atoms with Gasteiger partial charge in [-0.05, 0) is 12.5 Å². The molecule has 5 heteroatoms. The second-order valence-electron chi connectivity index (χ2n) is 3.45. The van der Waals surface area contributed by atoms with Gasteiger partial charge in [-0.25, -0.2) is 0 Å². The molecular weight excluding hydrogens is 182 g/mol. The van der Waals surface area contributed by atoms with E-state index in [1.54, 1.807) is 24.0 Å². The summed E-state index contributed by atoms with van der Waals surface area (Å²) in [6.07, 6.45) is 2.21. The minimum atomic E-state index is -0.903. The Labute approximate surface area is 82.5 Å². The van der Waals surface area contributed by atoms with Gasteiger partial charge in [0.1, 0.15) is 0 Å². The first-order chi connectivity index (χ1) is 6.48. The molecule has 1 heterocycles. The van der Waals surface area contributed by atoms with E-state index >= 15 is 0 Å². The average molecular weight is 197 g/mol. The zero-order chi connectivity index (χ0) is 10.8. The number of aliphatic carboxylic acids is 1. The zero-order valence-corrected chi connectivity index (χ0v) is 8.40. The lowest BCUT2D eigenvalue weighted by Gasteiger charge is -2.23. The van der Waals surface area contributed by atoms with Gasteiger partial charge in [-0.1, -0.05) is 6.92 Å². The van der Waals surface area contributed by atoms with Crippen LogP contribution in [-0.4, -0.2) is 20.9 Å². The van der Waals surface area contributed by atoms with Crippen LogP contribution in [0.5, 0.6) is 0 Å². The molecule has 3 N–H and O–H groups in total. The van der Waals surface area contributed by atoms with Gasteiger partial charge in [0.15, 0.2) is 0 Å². The van der Waals surface area contributed by atoms with Crippen LogP contribution in [0.25, 0.3) is 0 Å². The van der Waals surface area contributed by atoms with Crippen LogP contribution in [-0.2, 0) is 17.4 Å². The van der Waals surface area contributed by atoms with E-state index in [0.717, 1.165) is 0 Å². The number of aryl methyl sites for hydroxylation is 1. The molecule has 0 aliphatic heterocycles. The Kier molecular flexibility index (Phi) is 2.90. The van der Waals surface area contributed by atoms with Gasteiger partial charge in [0, 0.05) is 13.2 Å². The highest BCUT2D eigenvalue weighted by Gasteiger charge is 2.30. The average Bonchev–Trinajstić information content (AvgIpc) is 2.51. The molecule has 0 bridgehead atoms. The summed E-state index contributed by atoms with van der Waals surface area (Å²) in [5.74, 6) is -0.903. The summed E-state index contributed by atoms with van der Waals surface area (Å²) in [6.45, 7) is 1.86. The van der Waals surface area contributed by atoms with Crippen molar-refractivity contribution in [2.75, 3.05) is 0 Å².